The molecule has 1 saturated heterocycles. The van der Waals surface area contributed by atoms with Gasteiger partial charge in [-0.25, -0.2) is 4.79 Å². The molecule has 0 bridgehead atoms. The van der Waals surface area contributed by atoms with Gasteiger partial charge in [-0.05, 0) is 38.6 Å². The largest absolute Gasteiger partial charge is 0.476 e. The minimum atomic E-state index is -0.880. The maximum atomic E-state index is 11.6. The Labute approximate surface area is 144 Å². The molecule has 1 aliphatic carbocycles. The van der Waals surface area contributed by atoms with Crippen molar-refractivity contribution in [2.45, 2.75) is 58.5 Å². The minimum absolute atomic E-state index is 0.285. The van der Waals surface area contributed by atoms with Gasteiger partial charge in [0.2, 0.25) is 0 Å². The Morgan fingerprint density at radius 3 is 2.50 bits per heavy atom. The molecule has 1 N–H and O–H groups in total. The average Bonchev–Trinajstić information content (AvgIpc) is 2.94. The van der Waals surface area contributed by atoms with Crippen LogP contribution in [0.25, 0.3) is 0 Å². The van der Waals surface area contributed by atoms with Gasteiger partial charge in [0.15, 0.2) is 5.69 Å². The van der Waals surface area contributed by atoms with E-state index in [1.54, 1.807) is 0 Å². The van der Waals surface area contributed by atoms with Gasteiger partial charge in [-0.3, -0.25) is 9.58 Å². The van der Waals surface area contributed by atoms with Gasteiger partial charge in [0.1, 0.15) is 0 Å². The Bertz CT molecular complexity index is 576. The van der Waals surface area contributed by atoms with E-state index in [2.05, 4.69) is 28.7 Å². The Kier molecular flexibility index (Phi) is 5.56. The van der Waals surface area contributed by atoms with Crippen molar-refractivity contribution < 1.29 is 9.90 Å². The van der Waals surface area contributed by atoms with Crippen LogP contribution in [0.4, 0.5) is 0 Å². The van der Waals surface area contributed by atoms with E-state index in [4.69, 9.17) is 0 Å². The molecule has 2 heterocycles. The zero-order chi connectivity index (χ0) is 17.1. The molecule has 2 aliphatic rings. The monoisotopic (exact) mass is 334 g/mol. The van der Waals surface area contributed by atoms with E-state index in [-0.39, 0.29) is 5.69 Å². The molecule has 0 saturated carbocycles. The molecule has 1 aromatic heterocycles. The number of aromatic carboxylic acids is 1. The summed E-state index contributed by atoms with van der Waals surface area (Å²) in [6.07, 6.45) is 5.11. The first-order chi connectivity index (χ1) is 11.6. The number of aryl methyl sites for hydroxylation is 1. The number of carboxylic acids is 1. The van der Waals surface area contributed by atoms with Crippen molar-refractivity contribution in [1.82, 2.24) is 19.6 Å². The highest BCUT2D eigenvalue weighted by atomic mass is 16.4. The molecule has 1 fully saturated rings. The summed E-state index contributed by atoms with van der Waals surface area (Å²) in [5, 5.41) is 13.9. The fraction of sp³-hybridized carbons (Fsp3) is 0.778. The summed E-state index contributed by atoms with van der Waals surface area (Å²) in [7, 11) is 0. The lowest BCUT2D eigenvalue weighted by molar-refractivity contribution is 0.0685. The number of rotatable bonds is 6. The van der Waals surface area contributed by atoms with Gasteiger partial charge >= 0.3 is 5.97 Å². The Morgan fingerprint density at radius 2 is 1.88 bits per heavy atom. The van der Waals surface area contributed by atoms with Crippen LogP contribution in [0.5, 0.6) is 0 Å². The van der Waals surface area contributed by atoms with E-state index in [0.717, 1.165) is 69.7 Å². The Hall–Kier alpha value is -1.40. The topological polar surface area (TPSA) is 61.6 Å². The second-order valence-electron chi connectivity index (χ2n) is 7.08. The van der Waals surface area contributed by atoms with Crippen molar-refractivity contribution in [3.63, 3.8) is 0 Å². The number of piperazine rings is 1. The number of nitrogens with zero attached hydrogens (tertiary/aromatic N) is 4. The fourth-order valence-corrected chi connectivity index (χ4v) is 4.22. The second-order valence-corrected chi connectivity index (χ2v) is 7.08. The highest BCUT2D eigenvalue weighted by molar-refractivity contribution is 5.87. The van der Waals surface area contributed by atoms with Crippen molar-refractivity contribution in [1.29, 1.82) is 0 Å². The van der Waals surface area contributed by atoms with Crippen molar-refractivity contribution in [2.24, 2.45) is 0 Å². The lowest BCUT2D eigenvalue weighted by atomic mass is 9.90. The molecule has 6 heteroatoms. The third-order valence-corrected chi connectivity index (χ3v) is 5.42. The number of aromatic nitrogens is 2. The molecule has 6 nitrogen and oxygen atoms in total. The highest BCUT2D eigenvalue weighted by Crippen LogP contribution is 2.28. The quantitative estimate of drug-likeness (QED) is 0.861. The summed E-state index contributed by atoms with van der Waals surface area (Å²) >= 11 is 0. The standard InChI is InChI=1S/C18H30N4O2/c1-3-7-20-9-11-21(12-10-20)14-5-6-16-15(13-14)17(18(23)24)19-22(16)8-4-2/h14H,3-13H2,1-2H3,(H,23,24). The van der Waals surface area contributed by atoms with E-state index in [1.165, 1.54) is 13.0 Å². The molecule has 3 rings (SSSR count). The molecule has 0 spiro atoms. The van der Waals surface area contributed by atoms with Gasteiger partial charge in [0.05, 0.1) is 0 Å². The summed E-state index contributed by atoms with van der Waals surface area (Å²) in [4.78, 5) is 16.7. The number of hydrogen-bond donors (Lipinski definition) is 1. The first-order valence-electron chi connectivity index (χ1n) is 9.42. The van der Waals surface area contributed by atoms with E-state index in [1.807, 2.05) is 4.68 Å². The number of hydrogen-bond acceptors (Lipinski definition) is 4. The normalized spacial score (nSPS) is 22.5. The molecule has 24 heavy (non-hydrogen) atoms. The van der Waals surface area contributed by atoms with Crippen molar-refractivity contribution >= 4 is 5.97 Å². The summed E-state index contributed by atoms with van der Waals surface area (Å²) in [6, 6.07) is 0.471. The lowest BCUT2D eigenvalue weighted by Crippen LogP contribution is -2.51. The van der Waals surface area contributed by atoms with Gasteiger partial charge in [-0.1, -0.05) is 13.8 Å². The van der Waals surface area contributed by atoms with Gasteiger partial charge in [0, 0.05) is 50.0 Å². The maximum absolute atomic E-state index is 11.6. The van der Waals surface area contributed by atoms with Crippen molar-refractivity contribution in [3.05, 3.63) is 17.0 Å². The van der Waals surface area contributed by atoms with Crippen LogP contribution in [0, 0.1) is 0 Å². The Balaban J connectivity index is 1.71. The predicted molar refractivity (Wildman–Crippen MR) is 93.6 cm³/mol. The first kappa shape index (κ1) is 17.4. The maximum Gasteiger partial charge on any atom is 0.356 e. The smallest absolute Gasteiger partial charge is 0.356 e. The Morgan fingerprint density at radius 1 is 1.17 bits per heavy atom. The lowest BCUT2D eigenvalue weighted by Gasteiger charge is -2.40. The van der Waals surface area contributed by atoms with Crippen LogP contribution in [0.1, 0.15) is 54.9 Å². The van der Waals surface area contributed by atoms with E-state index < -0.39 is 5.97 Å². The second kappa shape index (κ2) is 7.66. The van der Waals surface area contributed by atoms with Crippen LogP contribution in [-0.2, 0) is 19.4 Å². The third-order valence-electron chi connectivity index (χ3n) is 5.42. The van der Waals surface area contributed by atoms with Crippen LogP contribution in [0.2, 0.25) is 0 Å². The van der Waals surface area contributed by atoms with Crippen LogP contribution in [-0.4, -0.2) is 69.4 Å². The molecule has 0 amide bonds. The van der Waals surface area contributed by atoms with Crippen molar-refractivity contribution in [3.8, 4) is 0 Å². The molecule has 134 valence electrons. The SMILES string of the molecule is CCCN1CCN(C2CCc3c(c(C(=O)O)nn3CCC)C2)CC1. The van der Waals surface area contributed by atoms with Crippen LogP contribution in [0.15, 0.2) is 0 Å². The predicted octanol–water partition coefficient (Wildman–Crippen LogP) is 1.88. The van der Waals surface area contributed by atoms with E-state index in [9.17, 15) is 9.90 Å². The molecule has 1 atom stereocenters. The molecule has 1 unspecified atom stereocenters. The number of carboxylic acid groups (broad SMARTS) is 1. The fourth-order valence-electron chi connectivity index (χ4n) is 4.22. The van der Waals surface area contributed by atoms with Crippen LogP contribution >= 0.6 is 0 Å². The molecule has 0 radical (unpaired) electrons. The summed E-state index contributed by atoms with van der Waals surface area (Å²) in [6.45, 7) is 10.8. The van der Waals surface area contributed by atoms with Gasteiger partial charge in [0.25, 0.3) is 0 Å². The molecular weight excluding hydrogens is 304 g/mol. The van der Waals surface area contributed by atoms with Crippen molar-refractivity contribution in [2.75, 3.05) is 32.7 Å². The number of fused-ring (bicyclic) bond motifs is 1. The summed E-state index contributed by atoms with van der Waals surface area (Å²) in [5.41, 5.74) is 2.44. The molecule has 0 aromatic carbocycles. The van der Waals surface area contributed by atoms with Gasteiger partial charge < -0.3 is 10.0 Å². The zero-order valence-corrected chi connectivity index (χ0v) is 15.0. The van der Waals surface area contributed by atoms with Gasteiger partial charge in [-0.2, -0.15) is 5.10 Å². The van der Waals surface area contributed by atoms with Crippen LogP contribution in [0.3, 0.4) is 0 Å². The summed E-state index contributed by atoms with van der Waals surface area (Å²) < 4.78 is 1.94. The van der Waals surface area contributed by atoms with E-state index in [0.29, 0.717) is 6.04 Å². The average molecular weight is 334 g/mol. The third kappa shape index (κ3) is 3.49. The number of carbonyl (C=O) groups is 1. The molecule has 1 aliphatic heterocycles. The molecule has 1 aromatic rings. The highest BCUT2D eigenvalue weighted by Gasteiger charge is 2.32. The first-order valence-corrected chi connectivity index (χ1v) is 9.42. The van der Waals surface area contributed by atoms with E-state index >= 15 is 0 Å². The zero-order valence-electron chi connectivity index (χ0n) is 15.0. The van der Waals surface area contributed by atoms with Crippen LogP contribution < -0.4 is 0 Å². The van der Waals surface area contributed by atoms with Gasteiger partial charge in [-0.15, -0.1) is 0 Å². The minimum Gasteiger partial charge on any atom is -0.476 e. The molecular formula is C18H30N4O2. The summed E-state index contributed by atoms with van der Waals surface area (Å²) in [5.74, 6) is -0.880.